The summed E-state index contributed by atoms with van der Waals surface area (Å²) in [7, 11) is 0. The first kappa shape index (κ1) is 11.5. The molecular weight excluding hydrogens is 222 g/mol. The summed E-state index contributed by atoms with van der Waals surface area (Å²) < 4.78 is 0. The Morgan fingerprint density at radius 3 is 2.50 bits per heavy atom. The second-order valence-corrected chi connectivity index (χ2v) is 5.03. The van der Waals surface area contributed by atoms with E-state index in [2.05, 4.69) is 42.6 Å². The summed E-state index contributed by atoms with van der Waals surface area (Å²) in [6, 6.07) is 16.6. The van der Waals surface area contributed by atoms with Gasteiger partial charge in [-0.3, -0.25) is 0 Å². The van der Waals surface area contributed by atoms with Gasteiger partial charge in [0.2, 0.25) is 0 Å². The maximum atomic E-state index is 10.4. The third kappa shape index (κ3) is 1.84. The fraction of sp³-hybridized carbons (Fsp3) is 0.250. The minimum absolute atomic E-state index is 0.643. The fourth-order valence-electron chi connectivity index (χ4n) is 2.44. The molecule has 1 aliphatic heterocycles. The molecule has 1 aliphatic rings. The Bertz CT molecular complexity index is 573. The van der Waals surface area contributed by atoms with Crippen molar-refractivity contribution in [3.63, 3.8) is 0 Å². The molecular formula is C16H17NO. The molecule has 0 radical (unpaired) electrons. The molecule has 0 aromatic heterocycles. The molecule has 2 aromatic rings. The molecule has 2 aromatic carbocycles. The summed E-state index contributed by atoms with van der Waals surface area (Å²) in [5.41, 5.74) is 3.98. The highest BCUT2D eigenvalue weighted by Crippen LogP contribution is 2.30. The number of nitrogens with one attached hydrogen (secondary N) is 1. The zero-order chi connectivity index (χ0) is 12.6. The molecule has 0 bridgehead atoms. The van der Waals surface area contributed by atoms with Gasteiger partial charge >= 0.3 is 0 Å². The average molecular weight is 239 g/mol. The topological polar surface area (TPSA) is 32.3 Å². The highest BCUT2D eigenvalue weighted by molar-refractivity contribution is 5.68. The molecule has 1 fully saturated rings. The van der Waals surface area contributed by atoms with E-state index in [1.807, 2.05) is 18.2 Å². The third-order valence-electron chi connectivity index (χ3n) is 3.69. The second-order valence-electron chi connectivity index (χ2n) is 5.03. The number of hydrogen-bond acceptors (Lipinski definition) is 2. The SMILES string of the molecule is Cc1ccccc1-c1cccc(C2(O)CNC2)c1. The summed E-state index contributed by atoms with van der Waals surface area (Å²) in [6.07, 6.45) is 0. The molecule has 2 nitrogen and oxygen atoms in total. The van der Waals surface area contributed by atoms with Gasteiger partial charge in [0.25, 0.3) is 0 Å². The van der Waals surface area contributed by atoms with Crippen molar-refractivity contribution in [1.29, 1.82) is 0 Å². The largest absolute Gasteiger partial charge is 0.382 e. The molecule has 0 spiro atoms. The van der Waals surface area contributed by atoms with Gasteiger partial charge < -0.3 is 10.4 Å². The zero-order valence-electron chi connectivity index (χ0n) is 10.5. The molecule has 18 heavy (non-hydrogen) atoms. The molecule has 0 saturated carbocycles. The lowest BCUT2D eigenvalue weighted by Crippen LogP contribution is -2.56. The number of benzene rings is 2. The van der Waals surface area contributed by atoms with E-state index in [1.54, 1.807) is 0 Å². The second kappa shape index (κ2) is 4.23. The Morgan fingerprint density at radius 2 is 1.83 bits per heavy atom. The van der Waals surface area contributed by atoms with Crippen molar-refractivity contribution >= 4 is 0 Å². The lowest BCUT2D eigenvalue weighted by molar-refractivity contribution is -0.0146. The Kier molecular flexibility index (Phi) is 2.69. The number of β-amino-alcohol motifs (C(OH)–C–C–N with tert-alkyl or cyclic N) is 1. The van der Waals surface area contributed by atoms with Gasteiger partial charge in [-0.25, -0.2) is 0 Å². The minimum atomic E-state index is -0.682. The van der Waals surface area contributed by atoms with Crippen LogP contribution in [0.1, 0.15) is 11.1 Å². The predicted molar refractivity (Wildman–Crippen MR) is 73.4 cm³/mol. The van der Waals surface area contributed by atoms with Crippen LogP contribution in [-0.4, -0.2) is 18.2 Å². The number of hydrogen-bond donors (Lipinski definition) is 2. The average Bonchev–Trinajstić information content (AvgIpc) is 2.37. The van der Waals surface area contributed by atoms with Gasteiger partial charge in [-0.15, -0.1) is 0 Å². The molecule has 1 saturated heterocycles. The normalized spacial score (nSPS) is 17.2. The van der Waals surface area contributed by atoms with E-state index < -0.39 is 5.60 Å². The van der Waals surface area contributed by atoms with Crippen LogP contribution < -0.4 is 5.32 Å². The smallest absolute Gasteiger partial charge is 0.114 e. The third-order valence-corrected chi connectivity index (χ3v) is 3.69. The fourth-order valence-corrected chi connectivity index (χ4v) is 2.44. The molecule has 3 rings (SSSR count). The van der Waals surface area contributed by atoms with Crippen LogP contribution >= 0.6 is 0 Å². The van der Waals surface area contributed by atoms with Gasteiger partial charge in [-0.1, -0.05) is 42.5 Å². The van der Waals surface area contributed by atoms with Gasteiger partial charge in [-0.05, 0) is 35.2 Å². The van der Waals surface area contributed by atoms with Crippen molar-refractivity contribution in [2.45, 2.75) is 12.5 Å². The van der Waals surface area contributed by atoms with E-state index in [9.17, 15) is 5.11 Å². The summed E-state index contributed by atoms with van der Waals surface area (Å²) in [5, 5.41) is 13.5. The van der Waals surface area contributed by atoms with Crippen LogP contribution in [0.3, 0.4) is 0 Å². The van der Waals surface area contributed by atoms with E-state index in [0.29, 0.717) is 13.1 Å². The number of rotatable bonds is 2. The van der Waals surface area contributed by atoms with Crippen LogP contribution in [0.25, 0.3) is 11.1 Å². The maximum Gasteiger partial charge on any atom is 0.114 e. The monoisotopic (exact) mass is 239 g/mol. The van der Waals surface area contributed by atoms with E-state index in [4.69, 9.17) is 0 Å². The molecule has 1 heterocycles. The van der Waals surface area contributed by atoms with Crippen molar-refractivity contribution < 1.29 is 5.11 Å². The predicted octanol–water partition coefficient (Wildman–Crippen LogP) is 2.45. The zero-order valence-corrected chi connectivity index (χ0v) is 10.5. The lowest BCUT2D eigenvalue weighted by Gasteiger charge is -2.38. The van der Waals surface area contributed by atoms with Crippen molar-refractivity contribution in [1.82, 2.24) is 5.32 Å². The van der Waals surface area contributed by atoms with Crippen molar-refractivity contribution in [3.05, 3.63) is 59.7 Å². The van der Waals surface area contributed by atoms with Gasteiger partial charge in [0.15, 0.2) is 0 Å². The maximum absolute atomic E-state index is 10.4. The van der Waals surface area contributed by atoms with Crippen molar-refractivity contribution in [2.75, 3.05) is 13.1 Å². The summed E-state index contributed by atoms with van der Waals surface area (Å²) in [5.74, 6) is 0. The number of aliphatic hydroxyl groups is 1. The summed E-state index contributed by atoms with van der Waals surface area (Å²) in [4.78, 5) is 0. The number of aryl methyl sites for hydroxylation is 1. The van der Waals surface area contributed by atoms with E-state index in [-0.39, 0.29) is 0 Å². The van der Waals surface area contributed by atoms with Crippen molar-refractivity contribution in [2.24, 2.45) is 0 Å². The lowest BCUT2D eigenvalue weighted by atomic mass is 9.86. The first-order valence-corrected chi connectivity index (χ1v) is 6.29. The van der Waals surface area contributed by atoms with Crippen molar-refractivity contribution in [3.8, 4) is 11.1 Å². The molecule has 0 amide bonds. The van der Waals surface area contributed by atoms with Crippen LogP contribution in [0, 0.1) is 6.92 Å². The Morgan fingerprint density at radius 1 is 1.06 bits per heavy atom. The standard InChI is InChI=1S/C16H17NO/c1-12-5-2-3-8-15(12)13-6-4-7-14(9-13)16(18)10-17-11-16/h2-9,17-18H,10-11H2,1H3. The molecule has 2 heteroatoms. The highest BCUT2D eigenvalue weighted by Gasteiger charge is 2.36. The first-order chi connectivity index (χ1) is 8.69. The minimum Gasteiger partial charge on any atom is -0.382 e. The molecule has 0 atom stereocenters. The molecule has 2 N–H and O–H groups in total. The Balaban J connectivity index is 2.04. The van der Waals surface area contributed by atoms with Gasteiger partial charge in [0, 0.05) is 13.1 Å². The van der Waals surface area contributed by atoms with Gasteiger partial charge in [0.05, 0.1) is 0 Å². The van der Waals surface area contributed by atoms with E-state index >= 15 is 0 Å². The van der Waals surface area contributed by atoms with Crippen LogP contribution in [0.5, 0.6) is 0 Å². The van der Waals surface area contributed by atoms with Crippen LogP contribution in [-0.2, 0) is 5.60 Å². The van der Waals surface area contributed by atoms with E-state index in [1.165, 1.54) is 16.7 Å². The van der Waals surface area contributed by atoms with Crippen LogP contribution in [0.15, 0.2) is 48.5 Å². The molecule has 0 unspecified atom stereocenters. The first-order valence-electron chi connectivity index (χ1n) is 6.29. The Labute approximate surface area is 107 Å². The van der Waals surface area contributed by atoms with Gasteiger partial charge in [-0.2, -0.15) is 0 Å². The quantitative estimate of drug-likeness (QED) is 0.843. The Hall–Kier alpha value is -1.64. The molecule has 0 aliphatic carbocycles. The summed E-state index contributed by atoms with van der Waals surface area (Å²) >= 11 is 0. The highest BCUT2D eigenvalue weighted by atomic mass is 16.3. The van der Waals surface area contributed by atoms with Crippen LogP contribution in [0.2, 0.25) is 0 Å². The summed E-state index contributed by atoms with van der Waals surface area (Å²) in [6.45, 7) is 3.40. The molecule has 92 valence electrons. The van der Waals surface area contributed by atoms with E-state index in [0.717, 1.165) is 5.56 Å². The van der Waals surface area contributed by atoms with Crippen LogP contribution in [0.4, 0.5) is 0 Å². The van der Waals surface area contributed by atoms with Gasteiger partial charge in [0.1, 0.15) is 5.60 Å².